The van der Waals surface area contributed by atoms with Gasteiger partial charge in [0.25, 0.3) is 5.91 Å². The van der Waals surface area contributed by atoms with Gasteiger partial charge in [0.05, 0.1) is 19.1 Å². The number of methoxy groups -OCH3 is 1. The van der Waals surface area contributed by atoms with Crippen LogP contribution in [0.1, 0.15) is 47.5 Å². The number of benzene rings is 1. The van der Waals surface area contributed by atoms with Crippen LogP contribution < -0.4 is 49.5 Å². The van der Waals surface area contributed by atoms with E-state index in [-0.39, 0.29) is 35.5 Å². The number of carboxylic acid groups (broad SMARTS) is 1. The fourth-order valence-corrected chi connectivity index (χ4v) is 6.15. The third-order valence-corrected chi connectivity index (χ3v) is 7.62. The Morgan fingerprint density at radius 1 is 1.27 bits per heavy atom. The van der Waals surface area contributed by atoms with E-state index in [2.05, 4.69) is 5.32 Å². The summed E-state index contributed by atoms with van der Waals surface area (Å²) in [6.07, 6.45) is 0.813. The molecule has 2 fully saturated rings. The van der Waals surface area contributed by atoms with Gasteiger partial charge in [0.1, 0.15) is 11.4 Å². The van der Waals surface area contributed by atoms with Gasteiger partial charge in [-0.05, 0) is 44.7 Å². The second-order valence-corrected chi connectivity index (χ2v) is 11.0. The Labute approximate surface area is 221 Å². The summed E-state index contributed by atoms with van der Waals surface area (Å²) < 4.78 is 11.0. The molecule has 2 saturated heterocycles. The van der Waals surface area contributed by atoms with E-state index in [1.807, 2.05) is 26.8 Å². The monoisotopic (exact) mass is 486 g/mol. The Balaban J connectivity index is 0.00000385. The van der Waals surface area contributed by atoms with Crippen molar-refractivity contribution in [3.8, 4) is 11.5 Å². The summed E-state index contributed by atoms with van der Waals surface area (Å²) >= 11 is 1.36. The van der Waals surface area contributed by atoms with Gasteiger partial charge in [-0.25, -0.2) is 0 Å². The molecule has 3 rings (SSSR count). The van der Waals surface area contributed by atoms with E-state index >= 15 is 0 Å². The molecule has 0 radical (unpaired) electrons. The number of β-lactam (4-membered cyclic amide) rings is 1. The molecule has 0 spiro atoms. The summed E-state index contributed by atoms with van der Waals surface area (Å²) in [5, 5.41) is 14.0. The molecule has 1 unspecified atom stereocenters. The number of amides is 2. The van der Waals surface area contributed by atoms with Gasteiger partial charge in [0, 0.05) is 4.75 Å². The fourth-order valence-electron chi connectivity index (χ4n) is 4.53. The van der Waals surface area contributed by atoms with Crippen molar-refractivity contribution in [2.24, 2.45) is 5.92 Å². The van der Waals surface area contributed by atoms with Crippen molar-refractivity contribution in [3.63, 3.8) is 0 Å². The van der Waals surface area contributed by atoms with Crippen molar-refractivity contribution in [3.05, 3.63) is 24.3 Å². The van der Waals surface area contributed by atoms with Crippen LogP contribution in [0.3, 0.4) is 0 Å². The number of hydrogen-bond donors (Lipinski definition) is 1. The number of ether oxygens (including phenoxy) is 2. The second-order valence-electron chi connectivity index (χ2n) is 9.23. The van der Waals surface area contributed by atoms with Crippen molar-refractivity contribution < 1.29 is 58.5 Å². The van der Waals surface area contributed by atoms with Crippen molar-refractivity contribution in [1.29, 1.82) is 0 Å². The molecule has 4 atom stereocenters. The van der Waals surface area contributed by atoms with Crippen LogP contribution in [0.2, 0.25) is 0 Å². The third kappa shape index (κ3) is 5.16. The maximum Gasteiger partial charge on any atom is 1.00 e. The van der Waals surface area contributed by atoms with Crippen LogP contribution in [0, 0.1) is 5.92 Å². The van der Waals surface area contributed by atoms with Crippen LogP contribution in [-0.4, -0.2) is 57.6 Å². The summed E-state index contributed by atoms with van der Waals surface area (Å²) in [6.45, 7) is 9.40. The van der Waals surface area contributed by atoms with Crippen LogP contribution >= 0.6 is 11.8 Å². The van der Waals surface area contributed by atoms with Gasteiger partial charge in [-0.1, -0.05) is 32.9 Å². The summed E-state index contributed by atoms with van der Waals surface area (Å²) in [5.74, 6) is -0.993. The van der Waals surface area contributed by atoms with E-state index in [9.17, 15) is 19.5 Å². The maximum absolute atomic E-state index is 13.6. The summed E-state index contributed by atoms with van der Waals surface area (Å²) in [6, 6.07) is 5.28. The first-order chi connectivity index (χ1) is 15.0. The predicted octanol–water partition coefficient (Wildman–Crippen LogP) is -1.43. The molecule has 2 aliphatic heterocycles. The smallest absolute Gasteiger partial charge is 0.548 e. The number of para-hydroxylation sites is 2. The minimum absolute atomic E-state index is 0. The number of carbonyl (C=O) groups excluding carboxylic acids is 3. The second kappa shape index (κ2) is 10.5. The van der Waals surface area contributed by atoms with Crippen molar-refractivity contribution in [2.45, 2.75) is 75.3 Å². The van der Waals surface area contributed by atoms with E-state index in [0.717, 1.165) is 0 Å². The number of thioether (sulfide) groups is 1. The molecule has 2 aliphatic rings. The first-order valence-corrected chi connectivity index (χ1v) is 11.7. The Hall–Kier alpha value is -1.42. The van der Waals surface area contributed by atoms with E-state index in [1.165, 1.54) is 23.8 Å². The van der Waals surface area contributed by atoms with Crippen molar-refractivity contribution in [2.75, 3.05) is 7.11 Å². The average molecular weight is 487 g/mol. The molecule has 33 heavy (non-hydrogen) atoms. The van der Waals surface area contributed by atoms with Crippen LogP contribution in [0.15, 0.2) is 24.3 Å². The minimum atomic E-state index is -1.29. The topological polar surface area (TPSA) is 108 Å². The summed E-state index contributed by atoms with van der Waals surface area (Å²) in [5.41, 5.74) is -1.21. The van der Waals surface area contributed by atoms with Crippen LogP contribution in [0.25, 0.3) is 0 Å². The van der Waals surface area contributed by atoms with E-state index < -0.39 is 45.6 Å². The minimum Gasteiger partial charge on any atom is -0.548 e. The molecule has 2 heterocycles. The fraction of sp³-hybridized carbons (Fsp3) is 0.609. The summed E-state index contributed by atoms with van der Waals surface area (Å²) in [7, 11) is 1.53. The zero-order chi connectivity index (χ0) is 23.8. The number of carbonyl (C=O) groups is 3. The molecule has 0 saturated carbocycles. The zero-order valence-corrected chi connectivity index (χ0v) is 23.2. The number of nitrogens with one attached hydrogen (secondary N) is 1. The molecule has 1 aromatic rings. The average Bonchev–Trinajstić information content (AvgIpc) is 2.99. The SMILES string of the molecule is CCC(CC(C)C)(Oc1ccccc1OC)C(=O)N[C@@H]1C(=O)N2[C@@H]1SC(C)(C)[C@@H]2C(=O)[O-].[Na+]. The van der Waals surface area contributed by atoms with Gasteiger partial charge in [-0.3, -0.25) is 9.59 Å². The third-order valence-electron chi connectivity index (χ3n) is 6.05. The normalized spacial score (nSPS) is 24.8. The standard InChI is InChI=1S/C23H32N2O6S.Na/c1-7-23(12-13(2)3,31-15-11-9-8-10-14(15)30-6)21(29)24-16-18(26)25-17(20(27)28)22(4,5)32-19(16)25;/h8-11,13,16-17,19H,7,12H2,1-6H3,(H,24,29)(H,27,28);/q;+1/p-1/t16-,17+,19-,23?;/m1./s1. The number of fused-ring (bicyclic) bond motifs is 1. The first-order valence-electron chi connectivity index (χ1n) is 10.8. The Morgan fingerprint density at radius 2 is 1.88 bits per heavy atom. The molecular formula is C23H31N2NaO6S. The van der Waals surface area contributed by atoms with E-state index in [1.54, 1.807) is 32.0 Å². The van der Waals surface area contributed by atoms with Gasteiger partial charge in [-0.2, -0.15) is 0 Å². The molecule has 10 heteroatoms. The molecule has 8 nitrogen and oxygen atoms in total. The van der Waals surface area contributed by atoms with Crippen molar-refractivity contribution >= 4 is 29.5 Å². The molecule has 1 aromatic carbocycles. The Kier molecular flexibility index (Phi) is 8.82. The van der Waals surface area contributed by atoms with Gasteiger partial charge >= 0.3 is 29.6 Å². The number of aliphatic carboxylic acids is 1. The molecule has 1 N–H and O–H groups in total. The number of carboxylic acids is 1. The zero-order valence-electron chi connectivity index (χ0n) is 20.3. The molecule has 0 aromatic heterocycles. The van der Waals surface area contributed by atoms with Gasteiger partial charge < -0.3 is 29.6 Å². The maximum atomic E-state index is 13.6. The summed E-state index contributed by atoms with van der Waals surface area (Å²) in [4.78, 5) is 39.3. The van der Waals surface area contributed by atoms with E-state index in [4.69, 9.17) is 9.47 Å². The van der Waals surface area contributed by atoms with E-state index in [0.29, 0.717) is 24.3 Å². The van der Waals surface area contributed by atoms with Crippen LogP contribution in [0.5, 0.6) is 11.5 Å². The molecule has 2 amide bonds. The Morgan fingerprint density at radius 3 is 2.39 bits per heavy atom. The van der Waals surface area contributed by atoms with Crippen LogP contribution in [-0.2, 0) is 14.4 Å². The molecule has 0 bridgehead atoms. The largest absolute Gasteiger partial charge is 1.00 e. The number of rotatable bonds is 9. The number of hydrogen-bond acceptors (Lipinski definition) is 7. The van der Waals surface area contributed by atoms with Crippen LogP contribution in [0.4, 0.5) is 0 Å². The predicted molar refractivity (Wildman–Crippen MR) is 119 cm³/mol. The van der Waals surface area contributed by atoms with Gasteiger partial charge in [0.15, 0.2) is 17.1 Å². The quantitative estimate of drug-likeness (QED) is 0.337. The first kappa shape index (κ1) is 27.8. The van der Waals surface area contributed by atoms with Crippen molar-refractivity contribution in [1.82, 2.24) is 10.2 Å². The van der Waals surface area contributed by atoms with Gasteiger partial charge in [-0.15, -0.1) is 11.8 Å². The molecule has 176 valence electrons. The number of nitrogens with zero attached hydrogens (tertiary/aromatic N) is 1. The Bertz CT molecular complexity index is 911. The molecular weight excluding hydrogens is 455 g/mol. The van der Waals surface area contributed by atoms with Gasteiger partial charge in [0.2, 0.25) is 5.91 Å². The molecule has 0 aliphatic carbocycles.